The summed E-state index contributed by atoms with van der Waals surface area (Å²) in [6.07, 6.45) is 1.90. The number of fused-ring (bicyclic) bond motifs is 1. The molecule has 0 unspecified atom stereocenters. The highest BCUT2D eigenvalue weighted by atomic mass is 15.1. The van der Waals surface area contributed by atoms with E-state index < -0.39 is 0 Å². The lowest BCUT2D eigenvalue weighted by Gasteiger charge is -2.03. The average Bonchev–Trinajstić information content (AvgIpc) is 2.86. The number of rotatable bonds is 2. The molecule has 0 N–H and O–H groups in total. The van der Waals surface area contributed by atoms with Gasteiger partial charge in [-0.15, -0.1) is 0 Å². The van der Waals surface area contributed by atoms with Gasteiger partial charge in [-0.25, -0.2) is 4.98 Å². The minimum atomic E-state index is 0.571. The van der Waals surface area contributed by atoms with Gasteiger partial charge in [0, 0.05) is 7.05 Å². The van der Waals surface area contributed by atoms with Crippen LogP contribution in [0.2, 0.25) is 0 Å². The third-order valence-corrected chi connectivity index (χ3v) is 3.99. The highest BCUT2D eigenvalue weighted by Crippen LogP contribution is 2.22. The molecule has 3 heteroatoms. The number of imidazole rings is 1. The molecular weight excluding hydrogens is 270 g/mol. The molecule has 0 radical (unpaired) electrons. The number of nitrogens with zero attached hydrogens (tertiary/aromatic N) is 3. The van der Waals surface area contributed by atoms with Gasteiger partial charge >= 0.3 is 0 Å². The molecule has 3 aromatic rings. The zero-order chi connectivity index (χ0) is 15.7. The lowest BCUT2D eigenvalue weighted by atomic mass is 10.0. The Balaban J connectivity index is 2.13. The summed E-state index contributed by atoms with van der Waals surface area (Å²) in [6.45, 7) is 4.16. The van der Waals surface area contributed by atoms with Gasteiger partial charge in [0.25, 0.3) is 0 Å². The fourth-order valence-electron chi connectivity index (χ4n) is 2.55. The Morgan fingerprint density at radius 3 is 2.59 bits per heavy atom. The Labute approximate surface area is 130 Å². The first-order valence-electron chi connectivity index (χ1n) is 7.21. The maximum absolute atomic E-state index is 9.54. The number of nitriles is 1. The van der Waals surface area contributed by atoms with Gasteiger partial charge in [0.15, 0.2) is 5.82 Å². The van der Waals surface area contributed by atoms with Crippen LogP contribution in [0.5, 0.6) is 0 Å². The van der Waals surface area contributed by atoms with E-state index in [1.54, 1.807) is 0 Å². The molecule has 0 aliphatic rings. The minimum Gasteiger partial charge on any atom is -0.327 e. The van der Waals surface area contributed by atoms with Crippen LogP contribution in [0, 0.1) is 25.2 Å². The summed E-state index contributed by atoms with van der Waals surface area (Å²) in [6, 6.07) is 16.4. The maximum Gasteiger partial charge on any atom is 0.151 e. The van der Waals surface area contributed by atoms with Gasteiger partial charge in [-0.1, -0.05) is 30.3 Å². The Morgan fingerprint density at radius 1 is 1.14 bits per heavy atom. The van der Waals surface area contributed by atoms with Crippen LogP contribution in [-0.4, -0.2) is 9.55 Å². The number of aromatic nitrogens is 2. The van der Waals surface area contributed by atoms with Crippen LogP contribution in [0.25, 0.3) is 22.7 Å². The predicted molar refractivity (Wildman–Crippen MR) is 90.1 cm³/mol. The molecule has 0 saturated heterocycles. The molecule has 0 amide bonds. The fraction of sp³-hybridized carbons (Fsp3) is 0.158. The highest BCUT2D eigenvalue weighted by molar-refractivity contribution is 5.90. The first-order chi connectivity index (χ1) is 10.6. The van der Waals surface area contributed by atoms with Crippen molar-refractivity contribution in [2.24, 2.45) is 7.05 Å². The molecule has 108 valence electrons. The Hall–Kier alpha value is -2.86. The molecule has 3 nitrogen and oxygen atoms in total. The maximum atomic E-state index is 9.54. The highest BCUT2D eigenvalue weighted by Gasteiger charge is 2.11. The first kappa shape index (κ1) is 14.1. The van der Waals surface area contributed by atoms with E-state index in [2.05, 4.69) is 37.0 Å². The minimum absolute atomic E-state index is 0.571. The Kier molecular flexibility index (Phi) is 3.52. The van der Waals surface area contributed by atoms with E-state index in [0.29, 0.717) is 11.4 Å². The van der Waals surface area contributed by atoms with Gasteiger partial charge < -0.3 is 4.57 Å². The molecule has 0 aliphatic heterocycles. The number of benzene rings is 2. The Bertz CT molecular complexity index is 923. The van der Waals surface area contributed by atoms with E-state index in [1.807, 2.05) is 48.0 Å². The van der Waals surface area contributed by atoms with Crippen LogP contribution in [-0.2, 0) is 7.05 Å². The zero-order valence-corrected chi connectivity index (χ0v) is 13.0. The Morgan fingerprint density at radius 2 is 1.91 bits per heavy atom. The monoisotopic (exact) mass is 287 g/mol. The largest absolute Gasteiger partial charge is 0.327 e. The molecular formula is C19H17N3. The molecule has 0 aliphatic carbocycles. The molecule has 2 aromatic carbocycles. The first-order valence-corrected chi connectivity index (χ1v) is 7.21. The lowest BCUT2D eigenvalue weighted by Crippen LogP contribution is -1.96. The number of hydrogen-bond donors (Lipinski definition) is 0. The smallest absolute Gasteiger partial charge is 0.151 e. The van der Waals surface area contributed by atoms with Crippen molar-refractivity contribution in [1.82, 2.24) is 9.55 Å². The molecule has 1 aromatic heterocycles. The number of allylic oxidation sites excluding steroid dienone is 1. The second kappa shape index (κ2) is 5.50. The van der Waals surface area contributed by atoms with E-state index in [1.165, 1.54) is 11.1 Å². The summed E-state index contributed by atoms with van der Waals surface area (Å²) in [5.41, 5.74) is 5.99. The standard InChI is InChI=1S/C19H17N3/c1-13-8-9-15(10-14(13)2)11-16(12-20)19-21-17-6-4-5-7-18(17)22(19)3/h4-11H,1-3H3/b16-11-. The SMILES string of the molecule is Cc1ccc(/C=C(/C#N)c2nc3ccccc3n2C)cc1C. The van der Waals surface area contributed by atoms with Crippen molar-refractivity contribution in [3.05, 3.63) is 65.0 Å². The molecule has 22 heavy (non-hydrogen) atoms. The second-order valence-electron chi connectivity index (χ2n) is 5.50. The molecule has 0 atom stereocenters. The van der Waals surface area contributed by atoms with Crippen molar-refractivity contribution in [2.45, 2.75) is 13.8 Å². The molecule has 0 spiro atoms. The van der Waals surface area contributed by atoms with Crippen molar-refractivity contribution in [3.8, 4) is 6.07 Å². The van der Waals surface area contributed by atoms with E-state index in [0.717, 1.165) is 16.6 Å². The van der Waals surface area contributed by atoms with Crippen LogP contribution in [0.1, 0.15) is 22.5 Å². The normalized spacial score (nSPS) is 11.6. The number of aryl methyl sites for hydroxylation is 3. The van der Waals surface area contributed by atoms with Crippen LogP contribution < -0.4 is 0 Å². The average molecular weight is 287 g/mol. The van der Waals surface area contributed by atoms with E-state index in [9.17, 15) is 5.26 Å². The van der Waals surface area contributed by atoms with Gasteiger partial charge in [-0.2, -0.15) is 5.26 Å². The van der Waals surface area contributed by atoms with Crippen LogP contribution in [0.15, 0.2) is 42.5 Å². The van der Waals surface area contributed by atoms with Gasteiger partial charge in [0.1, 0.15) is 6.07 Å². The third kappa shape index (κ3) is 2.40. The molecule has 0 saturated carbocycles. The molecule has 0 bridgehead atoms. The third-order valence-electron chi connectivity index (χ3n) is 3.99. The summed E-state index contributed by atoms with van der Waals surface area (Å²) in [7, 11) is 1.94. The number of para-hydroxylation sites is 2. The van der Waals surface area contributed by atoms with Gasteiger partial charge in [-0.05, 0) is 48.7 Å². The quantitative estimate of drug-likeness (QED) is 0.661. The van der Waals surface area contributed by atoms with Crippen LogP contribution in [0.3, 0.4) is 0 Å². The van der Waals surface area contributed by atoms with Crippen LogP contribution in [0.4, 0.5) is 0 Å². The predicted octanol–water partition coefficient (Wildman–Crippen LogP) is 4.25. The van der Waals surface area contributed by atoms with Crippen LogP contribution >= 0.6 is 0 Å². The van der Waals surface area contributed by atoms with Gasteiger partial charge in [0.05, 0.1) is 16.6 Å². The van der Waals surface area contributed by atoms with Crippen molar-refractivity contribution < 1.29 is 0 Å². The summed E-state index contributed by atoms with van der Waals surface area (Å²) < 4.78 is 1.96. The molecule has 1 heterocycles. The van der Waals surface area contributed by atoms with Gasteiger partial charge in [-0.3, -0.25) is 0 Å². The van der Waals surface area contributed by atoms with Crippen molar-refractivity contribution >= 4 is 22.7 Å². The van der Waals surface area contributed by atoms with E-state index in [-0.39, 0.29) is 0 Å². The summed E-state index contributed by atoms with van der Waals surface area (Å²) >= 11 is 0. The van der Waals surface area contributed by atoms with Crippen molar-refractivity contribution in [3.63, 3.8) is 0 Å². The van der Waals surface area contributed by atoms with Crippen molar-refractivity contribution in [2.75, 3.05) is 0 Å². The van der Waals surface area contributed by atoms with E-state index in [4.69, 9.17) is 0 Å². The lowest BCUT2D eigenvalue weighted by molar-refractivity contribution is 0.925. The molecule has 3 rings (SSSR count). The number of hydrogen-bond acceptors (Lipinski definition) is 2. The van der Waals surface area contributed by atoms with E-state index >= 15 is 0 Å². The van der Waals surface area contributed by atoms with Gasteiger partial charge in [0.2, 0.25) is 0 Å². The fourth-order valence-corrected chi connectivity index (χ4v) is 2.55. The summed E-state index contributed by atoms with van der Waals surface area (Å²) in [5.74, 6) is 0.696. The zero-order valence-electron chi connectivity index (χ0n) is 13.0. The summed E-state index contributed by atoms with van der Waals surface area (Å²) in [4.78, 5) is 4.59. The van der Waals surface area contributed by atoms with Crippen molar-refractivity contribution in [1.29, 1.82) is 5.26 Å². The molecule has 0 fully saturated rings. The summed E-state index contributed by atoms with van der Waals surface area (Å²) in [5, 5.41) is 9.54. The topological polar surface area (TPSA) is 41.6 Å². The second-order valence-corrected chi connectivity index (χ2v) is 5.50.